The van der Waals surface area contributed by atoms with Crippen LogP contribution in [0.3, 0.4) is 0 Å². The number of aromatic hydroxyl groups is 1. The van der Waals surface area contributed by atoms with Crippen molar-refractivity contribution in [2.75, 3.05) is 0 Å². The molecule has 3 aromatic rings. The number of fused-ring (bicyclic) bond motifs is 1. The second-order valence-electron chi connectivity index (χ2n) is 4.86. The zero-order chi connectivity index (χ0) is 15.7. The number of phenols is 1. The van der Waals surface area contributed by atoms with Gasteiger partial charge in [-0.25, -0.2) is 0 Å². The fourth-order valence-electron chi connectivity index (χ4n) is 2.22. The maximum absolute atomic E-state index is 12.0. The van der Waals surface area contributed by atoms with Gasteiger partial charge in [-0.05, 0) is 17.7 Å². The Morgan fingerprint density at radius 2 is 1.82 bits per heavy atom. The first-order valence-electron chi connectivity index (χ1n) is 6.52. The van der Waals surface area contributed by atoms with Crippen molar-refractivity contribution in [2.45, 2.75) is 6.42 Å². The molecule has 0 amide bonds. The minimum absolute atomic E-state index is 0.00800. The lowest BCUT2D eigenvalue weighted by atomic mass is 10.1. The number of nitro groups is 1. The number of rotatable bonds is 3. The molecule has 6 nitrogen and oxygen atoms in total. The van der Waals surface area contributed by atoms with Gasteiger partial charge in [0.2, 0.25) is 0 Å². The first kappa shape index (κ1) is 13.8. The van der Waals surface area contributed by atoms with E-state index in [1.54, 1.807) is 12.1 Å². The Hall–Kier alpha value is -3.15. The average Bonchev–Trinajstić information content (AvgIpc) is 2.47. The summed E-state index contributed by atoms with van der Waals surface area (Å²) in [4.78, 5) is 22.2. The van der Waals surface area contributed by atoms with Crippen molar-refractivity contribution in [3.8, 4) is 5.75 Å². The molecule has 3 rings (SSSR count). The number of nitro benzene ring substituents is 1. The van der Waals surface area contributed by atoms with Gasteiger partial charge in [0.25, 0.3) is 5.69 Å². The standard InChI is InChI=1S/C16H11NO5/c18-12-5-6-14-15(19)9-13(22-16(14)8-12)7-10-1-3-11(4-2-10)17(20)21/h1-6,8-9,18H,7H2. The van der Waals surface area contributed by atoms with Gasteiger partial charge >= 0.3 is 0 Å². The van der Waals surface area contributed by atoms with Crippen molar-refractivity contribution in [3.63, 3.8) is 0 Å². The quantitative estimate of drug-likeness (QED) is 0.592. The van der Waals surface area contributed by atoms with E-state index in [4.69, 9.17) is 4.42 Å². The summed E-state index contributed by atoms with van der Waals surface area (Å²) in [5.74, 6) is 0.445. The number of nitrogens with zero attached hydrogens (tertiary/aromatic N) is 1. The molecule has 0 aliphatic heterocycles. The summed E-state index contributed by atoms with van der Waals surface area (Å²) in [6.45, 7) is 0. The summed E-state index contributed by atoms with van der Waals surface area (Å²) in [5, 5.41) is 20.5. The lowest BCUT2D eigenvalue weighted by Crippen LogP contribution is -2.02. The second kappa shape index (κ2) is 5.33. The maximum Gasteiger partial charge on any atom is 0.269 e. The number of benzene rings is 2. The number of hydrogen-bond donors (Lipinski definition) is 1. The van der Waals surface area contributed by atoms with Crippen LogP contribution in [0.1, 0.15) is 11.3 Å². The van der Waals surface area contributed by atoms with Gasteiger partial charge in [0.05, 0.1) is 10.3 Å². The Morgan fingerprint density at radius 1 is 1.09 bits per heavy atom. The zero-order valence-electron chi connectivity index (χ0n) is 11.4. The highest BCUT2D eigenvalue weighted by atomic mass is 16.6. The van der Waals surface area contributed by atoms with E-state index in [1.807, 2.05) is 0 Å². The molecule has 110 valence electrons. The van der Waals surface area contributed by atoms with Crippen LogP contribution in [-0.4, -0.2) is 10.0 Å². The monoisotopic (exact) mass is 297 g/mol. The normalized spacial score (nSPS) is 10.7. The van der Waals surface area contributed by atoms with E-state index in [1.165, 1.54) is 36.4 Å². The molecule has 1 heterocycles. The van der Waals surface area contributed by atoms with Gasteiger partial charge in [-0.2, -0.15) is 0 Å². The van der Waals surface area contributed by atoms with Crippen LogP contribution in [0.2, 0.25) is 0 Å². The molecular weight excluding hydrogens is 286 g/mol. The third-order valence-electron chi connectivity index (χ3n) is 3.29. The summed E-state index contributed by atoms with van der Waals surface area (Å²) in [6.07, 6.45) is 0.332. The SMILES string of the molecule is O=c1cc(Cc2ccc([N+](=O)[O-])cc2)oc2cc(O)ccc12. The molecule has 0 spiro atoms. The molecule has 0 unspecified atom stereocenters. The van der Waals surface area contributed by atoms with Crippen LogP contribution in [0.4, 0.5) is 5.69 Å². The molecule has 0 aliphatic rings. The summed E-state index contributed by atoms with van der Waals surface area (Å²) in [7, 11) is 0. The molecule has 1 aromatic heterocycles. The molecule has 0 atom stereocenters. The molecule has 6 heteroatoms. The van der Waals surface area contributed by atoms with Crippen LogP contribution in [0, 0.1) is 10.1 Å². The maximum atomic E-state index is 12.0. The van der Waals surface area contributed by atoms with E-state index >= 15 is 0 Å². The Kier molecular flexibility index (Phi) is 3.34. The largest absolute Gasteiger partial charge is 0.508 e. The average molecular weight is 297 g/mol. The van der Waals surface area contributed by atoms with Crippen LogP contribution in [0.15, 0.2) is 57.7 Å². The molecule has 2 aromatic carbocycles. The molecule has 0 saturated carbocycles. The van der Waals surface area contributed by atoms with E-state index in [0.29, 0.717) is 23.2 Å². The van der Waals surface area contributed by atoms with Crippen molar-refractivity contribution >= 4 is 16.7 Å². The summed E-state index contributed by atoms with van der Waals surface area (Å²) in [5.41, 5.74) is 0.907. The summed E-state index contributed by atoms with van der Waals surface area (Å²) >= 11 is 0. The van der Waals surface area contributed by atoms with Gasteiger partial charge in [0.1, 0.15) is 17.1 Å². The topological polar surface area (TPSA) is 93.6 Å². The predicted molar refractivity (Wildman–Crippen MR) is 80.1 cm³/mol. The first-order chi connectivity index (χ1) is 10.5. The molecule has 0 saturated heterocycles. The molecule has 1 N–H and O–H groups in total. The van der Waals surface area contributed by atoms with Crippen LogP contribution in [-0.2, 0) is 6.42 Å². The van der Waals surface area contributed by atoms with Crippen molar-refractivity contribution < 1.29 is 14.4 Å². The Labute approximate surface area is 124 Å². The van der Waals surface area contributed by atoms with E-state index < -0.39 is 4.92 Å². The van der Waals surface area contributed by atoms with E-state index in [0.717, 1.165) is 5.56 Å². The summed E-state index contributed by atoms with van der Waals surface area (Å²) in [6, 6.07) is 11.7. The lowest BCUT2D eigenvalue weighted by Gasteiger charge is -2.04. The van der Waals surface area contributed by atoms with Gasteiger partial charge in [-0.3, -0.25) is 14.9 Å². The third kappa shape index (κ3) is 2.67. The smallest absolute Gasteiger partial charge is 0.269 e. The number of non-ortho nitro benzene ring substituents is 1. The molecular formula is C16H11NO5. The van der Waals surface area contributed by atoms with Crippen molar-refractivity contribution in [3.05, 3.63) is 80.2 Å². The number of phenolic OH excluding ortho intramolecular Hbond substituents is 1. The fraction of sp³-hybridized carbons (Fsp3) is 0.0625. The Balaban J connectivity index is 1.96. The van der Waals surface area contributed by atoms with E-state index in [9.17, 15) is 20.0 Å². The van der Waals surface area contributed by atoms with Gasteiger partial charge in [-0.1, -0.05) is 12.1 Å². The molecule has 0 bridgehead atoms. The molecule has 0 aliphatic carbocycles. The Bertz CT molecular complexity index is 912. The van der Waals surface area contributed by atoms with Crippen LogP contribution < -0.4 is 5.43 Å². The third-order valence-corrected chi connectivity index (χ3v) is 3.29. The fourth-order valence-corrected chi connectivity index (χ4v) is 2.22. The van der Waals surface area contributed by atoms with Crippen molar-refractivity contribution in [1.29, 1.82) is 0 Å². The van der Waals surface area contributed by atoms with Crippen LogP contribution >= 0.6 is 0 Å². The van der Waals surface area contributed by atoms with E-state index in [-0.39, 0.29) is 16.9 Å². The molecule has 22 heavy (non-hydrogen) atoms. The van der Waals surface area contributed by atoms with Crippen LogP contribution in [0.25, 0.3) is 11.0 Å². The van der Waals surface area contributed by atoms with Gasteiger partial charge in [-0.15, -0.1) is 0 Å². The zero-order valence-corrected chi connectivity index (χ0v) is 11.4. The minimum Gasteiger partial charge on any atom is -0.508 e. The summed E-state index contributed by atoms with van der Waals surface area (Å²) < 4.78 is 5.61. The molecule has 0 radical (unpaired) electrons. The van der Waals surface area contributed by atoms with Crippen molar-refractivity contribution in [2.24, 2.45) is 0 Å². The van der Waals surface area contributed by atoms with E-state index in [2.05, 4.69) is 0 Å². The van der Waals surface area contributed by atoms with Gasteiger partial charge in [0.15, 0.2) is 5.43 Å². The Morgan fingerprint density at radius 3 is 2.50 bits per heavy atom. The van der Waals surface area contributed by atoms with Gasteiger partial charge < -0.3 is 9.52 Å². The van der Waals surface area contributed by atoms with Gasteiger partial charge in [0, 0.05) is 30.7 Å². The second-order valence-corrected chi connectivity index (χ2v) is 4.86. The molecule has 0 fully saturated rings. The predicted octanol–water partition coefficient (Wildman–Crippen LogP) is 3.00. The van der Waals surface area contributed by atoms with Crippen molar-refractivity contribution in [1.82, 2.24) is 0 Å². The number of hydrogen-bond acceptors (Lipinski definition) is 5. The lowest BCUT2D eigenvalue weighted by molar-refractivity contribution is -0.384. The highest BCUT2D eigenvalue weighted by molar-refractivity contribution is 5.77. The minimum atomic E-state index is -0.470. The van der Waals surface area contributed by atoms with Crippen LogP contribution in [0.5, 0.6) is 5.75 Å². The first-order valence-corrected chi connectivity index (χ1v) is 6.52. The highest BCUT2D eigenvalue weighted by Gasteiger charge is 2.08. The highest BCUT2D eigenvalue weighted by Crippen LogP contribution is 2.20.